The second-order valence-corrected chi connectivity index (χ2v) is 7.56. The van der Waals surface area contributed by atoms with E-state index in [0.29, 0.717) is 37.9 Å². The molecule has 0 bridgehead atoms. The molecule has 144 valence electrons. The van der Waals surface area contributed by atoms with Crippen LogP contribution in [0.3, 0.4) is 0 Å². The van der Waals surface area contributed by atoms with Gasteiger partial charge in [-0.05, 0) is 44.9 Å². The quantitative estimate of drug-likeness (QED) is 0.680. The number of aromatic nitrogens is 6. The Labute approximate surface area is 162 Å². The van der Waals surface area contributed by atoms with Gasteiger partial charge in [0, 0.05) is 43.5 Å². The Kier molecular flexibility index (Phi) is 3.96. The van der Waals surface area contributed by atoms with Gasteiger partial charge in [-0.15, -0.1) is 10.2 Å². The van der Waals surface area contributed by atoms with Crippen LogP contribution in [0.1, 0.15) is 46.5 Å². The summed E-state index contributed by atoms with van der Waals surface area (Å²) in [6, 6.07) is 6.04. The first-order valence-electron chi connectivity index (χ1n) is 9.67. The average Bonchev–Trinajstić information content (AvgIpc) is 3.47. The monoisotopic (exact) mass is 378 g/mol. The number of carbonyl (C=O) groups excluding carboxylic acids is 1. The van der Waals surface area contributed by atoms with E-state index in [4.69, 9.17) is 0 Å². The summed E-state index contributed by atoms with van der Waals surface area (Å²) in [5.74, 6) is 1.99. The SMILES string of the molecule is Cc1cc(C)n2nc(C(=O)N3CCN(c4ccc(C5CC5)nn4)CC3)nc2n1. The Balaban J connectivity index is 1.27. The third kappa shape index (κ3) is 3.06. The summed E-state index contributed by atoms with van der Waals surface area (Å²) in [5.41, 5.74) is 2.86. The first-order valence-corrected chi connectivity index (χ1v) is 9.67. The van der Waals surface area contributed by atoms with Gasteiger partial charge in [0.15, 0.2) is 5.82 Å². The smallest absolute Gasteiger partial charge is 0.293 e. The Hall–Kier alpha value is -3.10. The molecule has 2 aliphatic rings. The van der Waals surface area contributed by atoms with Crippen molar-refractivity contribution in [3.63, 3.8) is 0 Å². The minimum Gasteiger partial charge on any atom is -0.352 e. The van der Waals surface area contributed by atoms with Gasteiger partial charge in [-0.1, -0.05) is 0 Å². The topological polar surface area (TPSA) is 92.4 Å². The van der Waals surface area contributed by atoms with Crippen LogP contribution >= 0.6 is 0 Å². The molecule has 28 heavy (non-hydrogen) atoms. The van der Waals surface area contributed by atoms with Crippen LogP contribution in [-0.4, -0.2) is 66.8 Å². The highest BCUT2D eigenvalue weighted by molar-refractivity contribution is 5.91. The van der Waals surface area contributed by atoms with E-state index in [0.717, 1.165) is 22.9 Å². The second-order valence-electron chi connectivity index (χ2n) is 7.56. The van der Waals surface area contributed by atoms with Gasteiger partial charge in [0.25, 0.3) is 11.7 Å². The highest BCUT2D eigenvalue weighted by atomic mass is 16.2. The van der Waals surface area contributed by atoms with Gasteiger partial charge in [-0.25, -0.2) is 9.50 Å². The number of anilines is 1. The molecule has 1 aliphatic carbocycles. The summed E-state index contributed by atoms with van der Waals surface area (Å²) in [4.78, 5) is 25.5. The summed E-state index contributed by atoms with van der Waals surface area (Å²) in [6.45, 7) is 6.47. The number of amides is 1. The lowest BCUT2D eigenvalue weighted by molar-refractivity contribution is 0.0734. The number of carbonyl (C=O) groups is 1. The lowest BCUT2D eigenvalue weighted by Crippen LogP contribution is -2.49. The van der Waals surface area contributed by atoms with Gasteiger partial charge in [0.1, 0.15) is 0 Å². The number of hydrogen-bond donors (Lipinski definition) is 0. The van der Waals surface area contributed by atoms with Crippen molar-refractivity contribution in [3.8, 4) is 0 Å². The maximum absolute atomic E-state index is 12.8. The maximum Gasteiger partial charge on any atom is 0.293 e. The predicted octanol–water partition coefficient (Wildman–Crippen LogP) is 1.37. The fourth-order valence-corrected chi connectivity index (χ4v) is 3.64. The van der Waals surface area contributed by atoms with Crippen LogP contribution in [-0.2, 0) is 0 Å². The van der Waals surface area contributed by atoms with Crippen molar-refractivity contribution in [3.05, 3.63) is 41.1 Å². The van der Waals surface area contributed by atoms with Crippen molar-refractivity contribution in [1.82, 2.24) is 34.7 Å². The molecule has 1 aliphatic heterocycles. The second kappa shape index (κ2) is 6.50. The summed E-state index contributed by atoms with van der Waals surface area (Å²) in [6.07, 6.45) is 2.45. The Morgan fingerprint density at radius 3 is 2.50 bits per heavy atom. The Bertz CT molecular complexity index is 1030. The zero-order valence-corrected chi connectivity index (χ0v) is 16.0. The fourth-order valence-electron chi connectivity index (χ4n) is 3.64. The lowest BCUT2D eigenvalue weighted by atomic mass is 10.2. The van der Waals surface area contributed by atoms with E-state index in [1.807, 2.05) is 26.0 Å². The number of piperazine rings is 1. The van der Waals surface area contributed by atoms with Crippen LogP contribution in [0.2, 0.25) is 0 Å². The summed E-state index contributed by atoms with van der Waals surface area (Å²) in [7, 11) is 0. The highest BCUT2D eigenvalue weighted by Crippen LogP contribution is 2.38. The highest BCUT2D eigenvalue weighted by Gasteiger charge is 2.28. The minimum atomic E-state index is -0.155. The van der Waals surface area contributed by atoms with Crippen LogP contribution in [0.4, 0.5) is 5.82 Å². The molecule has 0 spiro atoms. The van der Waals surface area contributed by atoms with Crippen molar-refractivity contribution in [1.29, 1.82) is 0 Å². The third-order valence-electron chi connectivity index (χ3n) is 5.37. The zero-order chi connectivity index (χ0) is 19.3. The number of fused-ring (bicyclic) bond motifs is 1. The molecule has 3 aromatic heterocycles. The number of nitrogens with zero attached hydrogens (tertiary/aromatic N) is 8. The molecule has 0 unspecified atom stereocenters. The van der Waals surface area contributed by atoms with E-state index in [9.17, 15) is 4.79 Å². The molecule has 0 aromatic carbocycles. The Morgan fingerprint density at radius 1 is 1.04 bits per heavy atom. The van der Waals surface area contributed by atoms with Crippen LogP contribution < -0.4 is 4.90 Å². The lowest BCUT2D eigenvalue weighted by Gasteiger charge is -2.34. The van der Waals surface area contributed by atoms with Crippen molar-refractivity contribution in [2.75, 3.05) is 31.1 Å². The van der Waals surface area contributed by atoms with E-state index in [-0.39, 0.29) is 11.7 Å². The van der Waals surface area contributed by atoms with E-state index in [2.05, 4.69) is 36.2 Å². The summed E-state index contributed by atoms with van der Waals surface area (Å²) < 4.78 is 1.62. The van der Waals surface area contributed by atoms with Crippen molar-refractivity contribution < 1.29 is 4.79 Å². The molecule has 0 atom stereocenters. The normalized spacial score (nSPS) is 17.4. The molecular weight excluding hydrogens is 356 g/mol. The predicted molar refractivity (Wildman–Crippen MR) is 102 cm³/mol. The molecule has 0 N–H and O–H groups in total. The molecule has 1 amide bonds. The fraction of sp³-hybridized carbons (Fsp3) is 0.474. The van der Waals surface area contributed by atoms with Gasteiger partial charge in [-0.3, -0.25) is 4.79 Å². The minimum absolute atomic E-state index is 0.155. The molecule has 1 saturated heterocycles. The van der Waals surface area contributed by atoms with Crippen LogP contribution in [0, 0.1) is 13.8 Å². The average molecular weight is 378 g/mol. The van der Waals surface area contributed by atoms with Crippen LogP contribution in [0.15, 0.2) is 18.2 Å². The van der Waals surface area contributed by atoms with Crippen molar-refractivity contribution >= 4 is 17.5 Å². The number of hydrogen-bond acceptors (Lipinski definition) is 7. The third-order valence-corrected chi connectivity index (χ3v) is 5.37. The van der Waals surface area contributed by atoms with Gasteiger partial charge < -0.3 is 9.80 Å². The van der Waals surface area contributed by atoms with Crippen LogP contribution in [0.5, 0.6) is 0 Å². The summed E-state index contributed by atoms with van der Waals surface area (Å²) in [5, 5.41) is 13.1. The molecule has 3 aromatic rings. The van der Waals surface area contributed by atoms with E-state index < -0.39 is 0 Å². The van der Waals surface area contributed by atoms with Gasteiger partial charge >= 0.3 is 0 Å². The number of aryl methyl sites for hydroxylation is 2. The molecule has 1 saturated carbocycles. The zero-order valence-electron chi connectivity index (χ0n) is 16.0. The molecule has 9 heteroatoms. The van der Waals surface area contributed by atoms with E-state index in [1.165, 1.54) is 12.8 Å². The van der Waals surface area contributed by atoms with E-state index in [1.54, 1.807) is 9.42 Å². The standard InChI is InChI=1S/C19H22N8O/c1-12-11-13(2)27-19(20-12)21-17(24-27)18(28)26-9-7-25(8-10-26)16-6-5-15(22-23-16)14-3-4-14/h5-6,11,14H,3-4,7-10H2,1-2H3. The first kappa shape index (κ1) is 17.0. The van der Waals surface area contributed by atoms with Crippen LogP contribution in [0.25, 0.3) is 5.78 Å². The molecule has 2 fully saturated rings. The van der Waals surface area contributed by atoms with E-state index >= 15 is 0 Å². The molecule has 4 heterocycles. The summed E-state index contributed by atoms with van der Waals surface area (Å²) >= 11 is 0. The molecule has 5 rings (SSSR count). The van der Waals surface area contributed by atoms with Crippen molar-refractivity contribution in [2.24, 2.45) is 0 Å². The van der Waals surface area contributed by atoms with Crippen molar-refractivity contribution in [2.45, 2.75) is 32.6 Å². The maximum atomic E-state index is 12.8. The van der Waals surface area contributed by atoms with Gasteiger partial charge in [-0.2, -0.15) is 10.1 Å². The first-order chi connectivity index (χ1) is 13.6. The largest absolute Gasteiger partial charge is 0.352 e. The van der Waals surface area contributed by atoms with Gasteiger partial charge in [0.2, 0.25) is 5.82 Å². The number of rotatable bonds is 3. The molecule has 0 radical (unpaired) electrons. The van der Waals surface area contributed by atoms with Gasteiger partial charge in [0.05, 0.1) is 5.69 Å². The molecule has 9 nitrogen and oxygen atoms in total. The molecular formula is C19H22N8O. The Morgan fingerprint density at radius 2 is 1.82 bits per heavy atom.